The zero-order valence-electron chi connectivity index (χ0n) is 16.2. The number of carbonyl (C=O) groups is 3. The normalized spacial score (nSPS) is 20.2. The fourth-order valence-electron chi connectivity index (χ4n) is 4.33. The Bertz CT molecular complexity index is 735. The average Bonchev–Trinajstić information content (AvgIpc) is 2.99. The Balaban J connectivity index is 1.72. The molecule has 2 aliphatic rings. The Morgan fingerprint density at radius 2 is 1.93 bits per heavy atom. The van der Waals surface area contributed by atoms with Crippen LogP contribution in [0.1, 0.15) is 66.8 Å². The first-order chi connectivity index (χ1) is 12.9. The summed E-state index contributed by atoms with van der Waals surface area (Å²) in [6.07, 6.45) is 6.58. The summed E-state index contributed by atoms with van der Waals surface area (Å²) >= 11 is 1.52. The molecule has 3 amide bonds. The summed E-state index contributed by atoms with van der Waals surface area (Å²) in [5, 5.41) is 3.60. The summed E-state index contributed by atoms with van der Waals surface area (Å²) in [6.45, 7) is 4.97. The van der Waals surface area contributed by atoms with E-state index in [4.69, 9.17) is 5.73 Å². The van der Waals surface area contributed by atoms with Crippen molar-refractivity contribution in [2.75, 3.05) is 18.4 Å². The van der Waals surface area contributed by atoms with Crippen molar-refractivity contribution >= 4 is 34.1 Å². The van der Waals surface area contributed by atoms with Gasteiger partial charge in [0.05, 0.1) is 5.56 Å². The Labute approximate surface area is 164 Å². The van der Waals surface area contributed by atoms with E-state index in [-0.39, 0.29) is 17.7 Å². The molecule has 1 aliphatic heterocycles. The van der Waals surface area contributed by atoms with E-state index in [9.17, 15) is 14.4 Å². The number of carbonyl (C=O) groups excluding carboxylic acids is 3. The number of hydrogen-bond acceptors (Lipinski definition) is 4. The number of primary amides is 1. The molecule has 0 bridgehead atoms. The minimum Gasteiger partial charge on any atom is -0.365 e. The smallest absolute Gasteiger partial charge is 0.251 e. The van der Waals surface area contributed by atoms with Crippen molar-refractivity contribution in [3.05, 3.63) is 16.0 Å². The van der Waals surface area contributed by atoms with Gasteiger partial charge in [-0.05, 0) is 43.6 Å². The van der Waals surface area contributed by atoms with Crippen molar-refractivity contribution in [2.45, 2.75) is 58.8 Å². The highest BCUT2D eigenvalue weighted by molar-refractivity contribution is 7.17. The number of anilines is 1. The van der Waals surface area contributed by atoms with Crippen LogP contribution in [-0.2, 0) is 22.4 Å². The van der Waals surface area contributed by atoms with Gasteiger partial charge < -0.3 is 16.0 Å². The Hall–Kier alpha value is -1.89. The van der Waals surface area contributed by atoms with Crippen LogP contribution in [0.2, 0.25) is 0 Å². The van der Waals surface area contributed by atoms with Crippen LogP contribution in [0, 0.1) is 11.8 Å². The Morgan fingerprint density at radius 1 is 1.22 bits per heavy atom. The number of thiophene rings is 1. The lowest BCUT2D eigenvalue weighted by Gasteiger charge is -2.30. The lowest BCUT2D eigenvalue weighted by atomic mass is 9.84. The number of nitrogens with two attached hydrogens (primary N) is 1. The predicted molar refractivity (Wildman–Crippen MR) is 107 cm³/mol. The lowest BCUT2D eigenvalue weighted by Crippen LogP contribution is -2.40. The van der Waals surface area contributed by atoms with Gasteiger partial charge in [-0.2, -0.15) is 0 Å². The second-order valence-corrected chi connectivity index (χ2v) is 8.84. The quantitative estimate of drug-likeness (QED) is 0.808. The summed E-state index contributed by atoms with van der Waals surface area (Å²) in [6, 6.07) is 0. The number of rotatable bonds is 5. The van der Waals surface area contributed by atoms with E-state index in [1.807, 2.05) is 0 Å². The van der Waals surface area contributed by atoms with Crippen LogP contribution in [0.4, 0.5) is 5.00 Å². The second-order valence-electron chi connectivity index (χ2n) is 7.74. The van der Waals surface area contributed by atoms with Crippen LogP contribution in [0.25, 0.3) is 0 Å². The van der Waals surface area contributed by atoms with E-state index in [1.165, 1.54) is 22.6 Å². The number of hydrogen-bond donors (Lipinski definition) is 2. The molecule has 0 unspecified atom stereocenters. The fourth-order valence-corrected chi connectivity index (χ4v) is 5.70. The third-order valence-electron chi connectivity index (χ3n) is 5.86. The van der Waals surface area contributed by atoms with Crippen LogP contribution < -0.4 is 11.1 Å². The molecule has 2 heterocycles. The molecule has 1 atom stereocenters. The number of fused-ring (bicyclic) bond motifs is 1. The van der Waals surface area contributed by atoms with Gasteiger partial charge in [-0.25, -0.2) is 0 Å². The van der Waals surface area contributed by atoms with Crippen molar-refractivity contribution < 1.29 is 14.4 Å². The van der Waals surface area contributed by atoms with Gasteiger partial charge in [0, 0.05) is 30.8 Å². The first-order valence-corrected chi connectivity index (χ1v) is 10.7. The van der Waals surface area contributed by atoms with Crippen molar-refractivity contribution in [1.29, 1.82) is 0 Å². The molecule has 0 saturated carbocycles. The third-order valence-corrected chi connectivity index (χ3v) is 7.03. The molecule has 0 radical (unpaired) electrons. The van der Waals surface area contributed by atoms with Gasteiger partial charge in [-0.1, -0.05) is 19.8 Å². The summed E-state index contributed by atoms with van der Waals surface area (Å²) in [7, 11) is 0. The number of likely N-dealkylation sites (tertiary alicyclic amines) is 1. The van der Waals surface area contributed by atoms with E-state index in [1.54, 1.807) is 11.8 Å². The van der Waals surface area contributed by atoms with Crippen LogP contribution in [0.3, 0.4) is 0 Å². The minimum atomic E-state index is -0.455. The van der Waals surface area contributed by atoms with Gasteiger partial charge in [0.1, 0.15) is 5.00 Å². The van der Waals surface area contributed by atoms with Crippen molar-refractivity contribution in [3.63, 3.8) is 0 Å². The standard InChI is InChI=1S/C20H29N3O3S/c1-3-4-13-5-6-15-16(11-13)27-20(17(15)18(21)25)22-19(26)14-7-9-23(10-8-14)12(2)24/h13-14H,3-11H2,1-2H3,(H2,21,25)(H,22,26)/t13-/m0/s1. The first-order valence-electron chi connectivity index (χ1n) is 9.91. The van der Waals surface area contributed by atoms with Crippen LogP contribution in [-0.4, -0.2) is 35.7 Å². The van der Waals surface area contributed by atoms with E-state index in [2.05, 4.69) is 12.2 Å². The van der Waals surface area contributed by atoms with Gasteiger partial charge in [0.2, 0.25) is 11.8 Å². The molecule has 1 aromatic rings. The minimum absolute atomic E-state index is 0.0532. The summed E-state index contributed by atoms with van der Waals surface area (Å²) in [5.74, 6) is 0.0552. The van der Waals surface area contributed by atoms with Crippen LogP contribution in [0.15, 0.2) is 0 Å². The number of nitrogens with one attached hydrogen (secondary N) is 1. The number of amides is 3. The second kappa shape index (κ2) is 8.42. The highest BCUT2D eigenvalue weighted by Crippen LogP contribution is 2.40. The van der Waals surface area contributed by atoms with Gasteiger partial charge in [0.25, 0.3) is 5.91 Å². The molecule has 27 heavy (non-hydrogen) atoms. The molecule has 148 valence electrons. The van der Waals surface area contributed by atoms with E-state index >= 15 is 0 Å². The summed E-state index contributed by atoms with van der Waals surface area (Å²) in [5.41, 5.74) is 7.21. The maximum Gasteiger partial charge on any atom is 0.251 e. The molecule has 0 aromatic carbocycles. The zero-order chi connectivity index (χ0) is 19.6. The molecule has 1 fully saturated rings. The molecule has 1 saturated heterocycles. The van der Waals surface area contributed by atoms with Crippen molar-refractivity contribution in [2.24, 2.45) is 17.6 Å². The zero-order valence-corrected chi connectivity index (χ0v) is 17.0. The monoisotopic (exact) mass is 391 g/mol. The van der Waals surface area contributed by atoms with Gasteiger partial charge in [-0.15, -0.1) is 11.3 Å². The lowest BCUT2D eigenvalue weighted by molar-refractivity contribution is -0.132. The molecule has 7 heteroatoms. The molecule has 1 aliphatic carbocycles. The molecular weight excluding hydrogens is 362 g/mol. The van der Waals surface area contributed by atoms with E-state index in [0.717, 1.165) is 31.2 Å². The highest BCUT2D eigenvalue weighted by atomic mass is 32.1. The third kappa shape index (κ3) is 4.34. The van der Waals surface area contributed by atoms with Crippen molar-refractivity contribution in [1.82, 2.24) is 4.90 Å². The van der Waals surface area contributed by atoms with Crippen LogP contribution >= 0.6 is 11.3 Å². The average molecular weight is 392 g/mol. The molecule has 3 N–H and O–H groups in total. The first kappa shape index (κ1) is 19.9. The van der Waals surface area contributed by atoms with Crippen molar-refractivity contribution in [3.8, 4) is 0 Å². The topological polar surface area (TPSA) is 92.5 Å². The molecule has 6 nitrogen and oxygen atoms in total. The highest BCUT2D eigenvalue weighted by Gasteiger charge is 2.31. The fraction of sp³-hybridized carbons (Fsp3) is 0.650. The predicted octanol–water partition coefficient (Wildman–Crippen LogP) is 2.95. The maximum absolute atomic E-state index is 12.7. The van der Waals surface area contributed by atoms with Gasteiger partial charge in [-0.3, -0.25) is 14.4 Å². The van der Waals surface area contributed by atoms with E-state index < -0.39 is 5.91 Å². The summed E-state index contributed by atoms with van der Waals surface area (Å²) < 4.78 is 0. The molecule has 0 spiro atoms. The number of nitrogens with zero attached hydrogens (tertiary/aromatic N) is 1. The number of piperidine rings is 1. The van der Waals surface area contributed by atoms with Gasteiger partial charge in [0.15, 0.2) is 0 Å². The molecule has 1 aromatic heterocycles. The molecular formula is C20H29N3O3S. The Morgan fingerprint density at radius 3 is 2.52 bits per heavy atom. The van der Waals surface area contributed by atoms with E-state index in [0.29, 0.717) is 42.4 Å². The van der Waals surface area contributed by atoms with Gasteiger partial charge >= 0.3 is 0 Å². The largest absolute Gasteiger partial charge is 0.365 e. The molecule has 3 rings (SSSR count). The Kier molecular flexibility index (Phi) is 6.19. The SMILES string of the molecule is CCC[C@H]1CCc2c(sc(NC(=O)C3CCN(C(C)=O)CC3)c2C(N)=O)C1. The maximum atomic E-state index is 12.7. The summed E-state index contributed by atoms with van der Waals surface area (Å²) in [4.78, 5) is 39.2. The van der Waals surface area contributed by atoms with Crippen LogP contribution in [0.5, 0.6) is 0 Å².